The molecular weight excluding hydrogens is 258 g/mol. The fraction of sp³-hybridized carbons (Fsp3) is 0.786. The van der Waals surface area contributed by atoms with Crippen molar-refractivity contribution < 1.29 is 4.74 Å². The summed E-state index contributed by atoms with van der Waals surface area (Å²) in [6.07, 6.45) is 2.43. The fourth-order valence-electron chi connectivity index (χ4n) is 2.56. The maximum atomic E-state index is 5.24. The Hall–Kier alpha value is -0.650. The van der Waals surface area contributed by atoms with Gasteiger partial charge in [-0.15, -0.1) is 11.3 Å². The summed E-state index contributed by atoms with van der Waals surface area (Å²) in [4.78, 5) is 7.19. The Balaban J connectivity index is 1.89. The van der Waals surface area contributed by atoms with E-state index in [2.05, 4.69) is 29.4 Å². The number of nitrogens with zero attached hydrogens (tertiary/aromatic N) is 2. The summed E-state index contributed by atoms with van der Waals surface area (Å²) in [5, 5.41) is 6.77. The molecule has 0 aromatic carbocycles. The molecule has 1 fully saturated rings. The predicted molar refractivity (Wildman–Crippen MR) is 81.0 cm³/mol. The van der Waals surface area contributed by atoms with E-state index in [4.69, 9.17) is 9.72 Å². The molecule has 4 nitrogen and oxygen atoms in total. The highest BCUT2D eigenvalue weighted by atomic mass is 32.1. The summed E-state index contributed by atoms with van der Waals surface area (Å²) < 4.78 is 5.24. The van der Waals surface area contributed by atoms with Crippen LogP contribution >= 0.6 is 11.3 Å². The van der Waals surface area contributed by atoms with Gasteiger partial charge in [-0.3, -0.25) is 0 Å². The normalized spacial score (nSPS) is 18.8. The van der Waals surface area contributed by atoms with E-state index in [0.717, 1.165) is 32.2 Å². The van der Waals surface area contributed by atoms with Gasteiger partial charge in [0.1, 0.15) is 0 Å². The van der Waals surface area contributed by atoms with Gasteiger partial charge in [0.25, 0.3) is 0 Å². The smallest absolute Gasteiger partial charge is 0.185 e. The number of nitrogens with one attached hydrogen (secondary N) is 1. The Bertz CT molecular complexity index is 375. The Kier molecular flexibility index (Phi) is 5.60. The molecule has 1 aromatic heterocycles. The van der Waals surface area contributed by atoms with Crippen LogP contribution in [0.3, 0.4) is 0 Å². The predicted octanol–water partition coefficient (Wildman–Crippen LogP) is 2.68. The zero-order chi connectivity index (χ0) is 13.7. The summed E-state index contributed by atoms with van der Waals surface area (Å²) in [5.41, 5.74) is 1.17. The van der Waals surface area contributed by atoms with E-state index in [1.165, 1.54) is 23.7 Å². The number of methoxy groups -OCH3 is 1. The molecule has 0 radical (unpaired) electrons. The number of aromatic nitrogens is 1. The van der Waals surface area contributed by atoms with Crippen molar-refractivity contribution in [3.8, 4) is 0 Å². The van der Waals surface area contributed by atoms with Gasteiger partial charge in [-0.2, -0.15) is 0 Å². The Morgan fingerprint density at radius 2 is 2.26 bits per heavy atom. The van der Waals surface area contributed by atoms with Gasteiger partial charge in [-0.25, -0.2) is 4.98 Å². The molecule has 1 aromatic rings. The first-order valence-corrected chi connectivity index (χ1v) is 8.05. The zero-order valence-corrected chi connectivity index (χ0v) is 13.0. The number of hydrogen-bond donors (Lipinski definition) is 1. The van der Waals surface area contributed by atoms with Gasteiger partial charge in [0.15, 0.2) is 5.13 Å². The van der Waals surface area contributed by atoms with Crippen LogP contribution in [0.4, 0.5) is 5.13 Å². The third kappa shape index (κ3) is 3.91. The highest BCUT2D eigenvalue weighted by Gasteiger charge is 2.21. The molecule has 19 heavy (non-hydrogen) atoms. The van der Waals surface area contributed by atoms with E-state index in [1.54, 1.807) is 18.4 Å². The number of rotatable bonds is 6. The van der Waals surface area contributed by atoms with Gasteiger partial charge in [0.2, 0.25) is 0 Å². The monoisotopic (exact) mass is 283 g/mol. The lowest BCUT2D eigenvalue weighted by Crippen LogP contribution is -2.35. The van der Waals surface area contributed by atoms with Crippen LogP contribution in [0.2, 0.25) is 0 Å². The SMILES string of the molecule is CCNC(C)c1csc(N2CCC(COC)CC2)n1. The standard InChI is InChI=1S/C14H25N3OS/c1-4-15-11(2)13-10-19-14(16-13)17-7-5-12(6-8-17)9-18-3/h10-12,15H,4-9H2,1-3H3. The second-order valence-electron chi connectivity index (χ2n) is 5.22. The first-order valence-electron chi connectivity index (χ1n) is 7.17. The van der Waals surface area contributed by atoms with Crippen LogP contribution in [-0.4, -0.2) is 38.3 Å². The second kappa shape index (κ2) is 7.22. The van der Waals surface area contributed by atoms with Crippen molar-refractivity contribution in [2.24, 2.45) is 5.92 Å². The molecule has 2 rings (SSSR count). The maximum absolute atomic E-state index is 5.24. The molecular formula is C14H25N3OS. The molecule has 1 N–H and O–H groups in total. The van der Waals surface area contributed by atoms with Crippen LogP contribution in [-0.2, 0) is 4.74 Å². The summed E-state index contributed by atoms with van der Waals surface area (Å²) >= 11 is 1.77. The van der Waals surface area contributed by atoms with E-state index in [9.17, 15) is 0 Å². The van der Waals surface area contributed by atoms with Crippen LogP contribution in [0.5, 0.6) is 0 Å². The topological polar surface area (TPSA) is 37.4 Å². The summed E-state index contributed by atoms with van der Waals surface area (Å²) in [6, 6.07) is 0.348. The number of hydrogen-bond acceptors (Lipinski definition) is 5. The van der Waals surface area contributed by atoms with Crippen LogP contribution < -0.4 is 10.2 Å². The van der Waals surface area contributed by atoms with Crippen LogP contribution in [0.25, 0.3) is 0 Å². The summed E-state index contributed by atoms with van der Waals surface area (Å²) in [6.45, 7) is 8.40. The number of piperidine rings is 1. The van der Waals surface area contributed by atoms with E-state index in [0.29, 0.717) is 6.04 Å². The Morgan fingerprint density at radius 3 is 2.89 bits per heavy atom. The molecule has 2 heterocycles. The zero-order valence-electron chi connectivity index (χ0n) is 12.2. The highest BCUT2D eigenvalue weighted by molar-refractivity contribution is 7.13. The van der Waals surface area contributed by atoms with Crippen molar-refractivity contribution in [1.82, 2.24) is 10.3 Å². The van der Waals surface area contributed by atoms with Crippen molar-refractivity contribution in [3.63, 3.8) is 0 Å². The van der Waals surface area contributed by atoms with Gasteiger partial charge >= 0.3 is 0 Å². The van der Waals surface area contributed by atoms with Crippen LogP contribution in [0, 0.1) is 5.92 Å². The van der Waals surface area contributed by atoms with Gasteiger partial charge in [0.05, 0.1) is 5.69 Å². The summed E-state index contributed by atoms with van der Waals surface area (Å²) in [5.74, 6) is 0.723. The quantitative estimate of drug-likeness (QED) is 0.871. The number of ether oxygens (including phenoxy) is 1. The van der Waals surface area contributed by atoms with E-state index >= 15 is 0 Å². The molecule has 1 unspecified atom stereocenters. The highest BCUT2D eigenvalue weighted by Crippen LogP contribution is 2.28. The lowest BCUT2D eigenvalue weighted by molar-refractivity contribution is 0.139. The molecule has 0 aliphatic carbocycles. The number of thiazole rings is 1. The minimum Gasteiger partial charge on any atom is -0.384 e. The molecule has 1 saturated heterocycles. The molecule has 0 bridgehead atoms. The summed E-state index contributed by atoms with van der Waals surface area (Å²) in [7, 11) is 1.79. The molecule has 5 heteroatoms. The first kappa shape index (κ1) is 14.8. The molecule has 108 valence electrons. The third-order valence-electron chi connectivity index (χ3n) is 3.75. The van der Waals surface area contributed by atoms with Crippen molar-refractivity contribution >= 4 is 16.5 Å². The molecule has 1 aliphatic rings. The van der Waals surface area contributed by atoms with Gasteiger partial charge in [-0.1, -0.05) is 6.92 Å². The molecule has 1 atom stereocenters. The first-order chi connectivity index (χ1) is 9.24. The van der Waals surface area contributed by atoms with Crippen molar-refractivity contribution in [2.45, 2.75) is 32.7 Å². The third-order valence-corrected chi connectivity index (χ3v) is 4.67. The average molecular weight is 283 g/mol. The average Bonchev–Trinajstić information content (AvgIpc) is 2.90. The lowest BCUT2D eigenvalue weighted by atomic mass is 9.98. The van der Waals surface area contributed by atoms with Crippen molar-refractivity contribution in [3.05, 3.63) is 11.1 Å². The molecule has 1 aliphatic heterocycles. The van der Waals surface area contributed by atoms with Gasteiger partial charge in [0, 0.05) is 38.2 Å². The fourth-order valence-corrected chi connectivity index (χ4v) is 3.53. The molecule has 0 saturated carbocycles. The van der Waals surface area contributed by atoms with E-state index < -0.39 is 0 Å². The maximum Gasteiger partial charge on any atom is 0.185 e. The van der Waals surface area contributed by atoms with Crippen molar-refractivity contribution in [1.29, 1.82) is 0 Å². The van der Waals surface area contributed by atoms with Gasteiger partial charge < -0.3 is 15.0 Å². The molecule has 0 spiro atoms. The minimum absolute atomic E-state index is 0.348. The second-order valence-corrected chi connectivity index (χ2v) is 6.06. The largest absolute Gasteiger partial charge is 0.384 e. The Morgan fingerprint density at radius 1 is 1.53 bits per heavy atom. The number of anilines is 1. The van der Waals surface area contributed by atoms with E-state index in [-0.39, 0.29) is 0 Å². The van der Waals surface area contributed by atoms with E-state index in [1.807, 2.05) is 0 Å². The Labute approximate surface area is 120 Å². The lowest BCUT2D eigenvalue weighted by Gasteiger charge is -2.31. The molecule has 0 amide bonds. The van der Waals surface area contributed by atoms with Gasteiger partial charge in [-0.05, 0) is 32.2 Å². The van der Waals surface area contributed by atoms with Crippen molar-refractivity contribution in [2.75, 3.05) is 38.3 Å². The van der Waals surface area contributed by atoms with Crippen LogP contribution in [0.15, 0.2) is 5.38 Å². The minimum atomic E-state index is 0.348. The van der Waals surface area contributed by atoms with Crippen LogP contribution in [0.1, 0.15) is 38.4 Å².